The van der Waals surface area contributed by atoms with Crippen LogP contribution < -0.4 is 10.5 Å². The minimum atomic E-state index is 0.320. The molecule has 0 saturated carbocycles. The van der Waals surface area contributed by atoms with Gasteiger partial charge in [-0.25, -0.2) is 0 Å². The van der Waals surface area contributed by atoms with Crippen molar-refractivity contribution in [3.05, 3.63) is 28.8 Å². The van der Waals surface area contributed by atoms with E-state index in [2.05, 4.69) is 0 Å². The van der Waals surface area contributed by atoms with Gasteiger partial charge < -0.3 is 10.5 Å². The topological polar surface area (TPSA) is 35.2 Å². The van der Waals surface area contributed by atoms with Crippen molar-refractivity contribution >= 4 is 28.8 Å². The second-order valence-corrected chi connectivity index (χ2v) is 3.31. The third-order valence-corrected chi connectivity index (χ3v) is 1.96. The van der Waals surface area contributed by atoms with E-state index in [1.807, 2.05) is 6.92 Å². The molecule has 0 unspecified atom stereocenters. The summed E-state index contributed by atoms with van der Waals surface area (Å²) in [7, 11) is 0. The summed E-state index contributed by atoms with van der Waals surface area (Å²) < 4.78 is 5.33. The van der Waals surface area contributed by atoms with Crippen molar-refractivity contribution < 1.29 is 4.74 Å². The van der Waals surface area contributed by atoms with E-state index in [1.54, 1.807) is 18.2 Å². The molecule has 0 saturated heterocycles. The molecule has 0 aliphatic rings. The predicted molar refractivity (Wildman–Crippen MR) is 58.5 cm³/mol. The maximum Gasteiger partial charge on any atom is 0.130 e. The lowest BCUT2D eigenvalue weighted by Gasteiger charge is -2.08. The molecule has 0 heterocycles. The van der Waals surface area contributed by atoms with Crippen LogP contribution in [0.5, 0.6) is 5.75 Å². The molecule has 0 aliphatic carbocycles. The van der Waals surface area contributed by atoms with E-state index in [4.69, 9.17) is 34.3 Å². The number of nitrogens with two attached hydrogens (primary N) is 1. The quantitative estimate of drug-likeness (QED) is 0.787. The SMILES string of the molecule is CCOc1cc(Cl)ccc1C(N)=S. The maximum atomic E-state index is 5.79. The lowest BCUT2D eigenvalue weighted by Crippen LogP contribution is -2.11. The van der Waals surface area contributed by atoms with Gasteiger partial charge in [-0.05, 0) is 25.1 Å². The Balaban J connectivity index is 3.10. The fourth-order valence-corrected chi connectivity index (χ4v) is 1.31. The van der Waals surface area contributed by atoms with Crippen LogP contribution >= 0.6 is 23.8 Å². The van der Waals surface area contributed by atoms with Crippen molar-refractivity contribution in [2.45, 2.75) is 6.92 Å². The van der Waals surface area contributed by atoms with Crippen LogP contribution in [0.4, 0.5) is 0 Å². The first kappa shape index (κ1) is 10.3. The molecule has 0 amide bonds. The standard InChI is InChI=1S/C9H10ClNOS/c1-2-12-8-5-6(10)3-4-7(8)9(11)13/h3-5H,2H2,1H3,(H2,11,13). The van der Waals surface area contributed by atoms with E-state index in [9.17, 15) is 0 Å². The molecule has 2 N–H and O–H groups in total. The largest absolute Gasteiger partial charge is 0.493 e. The Morgan fingerprint density at radius 1 is 1.62 bits per heavy atom. The van der Waals surface area contributed by atoms with Crippen LogP contribution in [0.3, 0.4) is 0 Å². The van der Waals surface area contributed by atoms with Crippen molar-refractivity contribution in [2.75, 3.05) is 6.61 Å². The van der Waals surface area contributed by atoms with Crippen LogP contribution in [0.2, 0.25) is 5.02 Å². The highest BCUT2D eigenvalue weighted by molar-refractivity contribution is 7.80. The summed E-state index contributed by atoms with van der Waals surface area (Å²) in [6, 6.07) is 5.20. The Kier molecular flexibility index (Phi) is 3.51. The van der Waals surface area contributed by atoms with E-state index in [0.717, 1.165) is 5.56 Å². The van der Waals surface area contributed by atoms with Gasteiger partial charge in [0, 0.05) is 5.02 Å². The number of thiocarbonyl (C=S) groups is 1. The van der Waals surface area contributed by atoms with Gasteiger partial charge in [-0.15, -0.1) is 0 Å². The Morgan fingerprint density at radius 3 is 2.85 bits per heavy atom. The minimum absolute atomic E-state index is 0.320. The van der Waals surface area contributed by atoms with Crippen LogP contribution in [-0.4, -0.2) is 11.6 Å². The number of hydrogen-bond acceptors (Lipinski definition) is 2. The molecule has 0 aromatic heterocycles. The molecular weight excluding hydrogens is 206 g/mol. The number of benzene rings is 1. The molecule has 0 atom stereocenters. The number of halogens is 1. The lowest BCUT2D eigenvalue weighted by molar-refractivity contribution is 0.339. The molecule has 0 aliphatic heterocycles. The highest BCUT2D eigenvalue weighted by Crippen LogP contribution is 2.23. The average Bonchev–Trinajstić information content (AvgIpc) is 2.04. The Hall–Kier alpha value is -0.800. The normalized spacial score (nSPS) is 9.69. The Bertz CT molecular complexity index is 327. The smallest absolute Gasteiger partial charge is 0.130 e. The van der Waals surface area contributed by atoms with Crippen LogP contribution in [0.1, 0.15) is 12.5 Å². The van der Waals surface area contributed by atoms with Gasteiger partial charge in [0.25, 0.3) is 0 Å². The summed E-state index contributed by atoms with van der Waals surface area (Å²) in [5.41, 5.74) is 6.23. The number of ether oxygens (including phenoxy) is 1. The zero-order valence-corrected chi connectivity index (χ0v) is 8.78. The van der Waals surface area contributed by atoms with E-state index >= 15 is 0 Å². The minimum Gasteiger partial charge on any atom is -0.493 e. The van der Waals surface area contributed by atoms with Crippen LogP contribution in [-0.2, 0) is 0 Å². The van der Waals surface area contributed by atoms with Crippen molar-refractivity contribution in [1.29, 1.82) is 0 Å². The third-order valence-electron chi connectivity index (χ3n) is 1.51. The van der Waals surface area contributed by atoms with Crippen LogP contribution in [0, 0.1) is 0 Å². The average molecular weight is 216 g/mol. The zero-order chi connectivity index (χ0) is 9.84. The molecule has 0 bridgehead atoms. The molecule has 1 rings (SSSR count). The molecule has 0 radical (unpaired) electrons. The second-order valence-electron chi connectivity index (χ2n) is 2.44. The molecule has 13 heavy (non-hydrogen) atoms. The van der Waals surface area contributed by atoms with Crippen LogP contribution in [0.25, 0.3) is 0 Å². The molecule has 2 nitrogen and oxygen atoms in total. The maximum absolute atomic E-state index is 5.79. The Labute approximate surface area is 87.6 Å². The molecule has 1 aromatic carbocycles. The van der Waals surface area contributed by atoms with Gasteiger partial charge in [-0.2, -0.15) is 0 Å². The molecule has 0 fully saturated rings. The van der Waals surface area contributed by atoms with E-state index < -0.39 is 0 Å². The van der Waals surface area contributed by atoms with Gasteiger partial charge in [0.15, 0.2) is 0 Å². The van der Waals surface area contributed by atoms with E-state index in [-0.39, 0.29) is 0 Å². The van der Waals surface area contributed by atoms with Crippen molar-refractivity contribution in [3.63, 3.8) is 0 Å². The molecule has 1 aromatic rings. The van der Waals surface area contributed by atoms with Crippen molar-refractivity contribution in [1.82, 2.24) is 0 Å². The van der Waals surface area contributed by atoms with Gasteiger partial charge in [0.05, 0.1) is 12.2 Å². The first-order chi connectivity index (χ1) is 6.15. The predicted octanol–water partition coefficient (Wildman–Crippen LogP) is 2.37. The van der Waals surface area contributed by atoms with E-state index in [0.29, 0.717) is 22.4 Å². The molecular formula is C9H10ClNOS. The van der Waals surface area contributed by atoms with Gasteiger partial charge in [0.1, 0.15) is 10.7 Å². The van der Waals surface area contributed by atoms with Gasteiger partial charge in [0.2, 0.25) is 0 Å². The van der Waals surface area contributed by atoms with Crippen molar-refractivity contribution in [3.8, 4) is 5.75 Å². The summed E-state index contributed by atoms with van der Waals surface area (Å²) in [5.74, 6) is 0.641. The second kappa shape index (κ2) is 4.44. The van der Waals surface area contributed by atoms with Crippen molar-refractivity contribution in [2.24, 2.45) is 5.73 Å². The fraction of sp³-hybridized carbons (Fsp3) is 0.222. The highest BCUT2D eigenvalue weighted by atomic mass is 35.5. The number of rotatable bonds is 3. The first-order valence-corrected chi connectivity index (χ1v) is 4.66. The third kappa shape index (κ3) is 2.57. The van der Waals surface area contributed by atoms with Crippen LogP contribution in [0.15, 0.2) is 18.2 Å². The van der Waals surface area contributed by atoms with Gasteiger partial charge in [-0.3, -0.25) is 0 Å². The summed E-state index contributed by atoms with van der Waals surface area (Å²) in [4.78, 5) is 0.320. The zero-order valence-electron chi connectivity index (χ0n) is 7.21. The molecule has 70 valence electrons. The molecule has 0 spiro atoms. The summed E-state index contributed by atoms with van der Waals surface area (Å²) >= 11 is 10.7. The monoisotopic (exact) mass is 215 g/mol. The Morgan fingerprint density at radius 2 is 2.31 bits per heavy atom. The first-order valence-electron chi connectivity index (χ1n) is 3.87. The fourth-order valence-electron chi connectivity index (χ4n) is 0.975. The van der Waals surface area contributed by atoms with Gasteiger partial charge >= 0.3 is 0 Å². The summed E-state index contributed by atoms with van der Waals surface area (Å²) in [6.07, 6.45) is 0. The summed E-state index contributed by atoms with van der Waals surface area (Å²) in [6.45, 7) is 2.46. The highest BCUT2D eigenvalue weighted by Gasteiger charge is 2.05. The number of hydrogen-bond donors (Lipinski definition) is 1. The summed E-state index contributed by atoms with van der Waals surface area (Å²) in [5, 5.41) is 0.614. The van der Waals surface area contributed by atoms with E-state index in [1.165, 1.54) is 0 Å². The van der Waals surface area contributed by atoms with Gasteiger partial charge in [-0.1, -0.05) is 23.8 Å². The lowest BCUT2D eigenvalue weighted by atomic mass is 10.2. The molecule has 4 heteroatoms.